The highest BCUT2D eigenvalue weighted by molar-refractivity contribution is 6.31. The van der Waals surface area contributed by atoms with E-state index in [1.54, 1.807) is 22.8 Å². The first-order valence-corrected chi connectivity index (χ1v) is 9.20. The third-order valence-electron chi connectivity index (χ3n) is 3.97. The molecule has 1 aromatic carbocycles. The van der Waals surface area contributed by atoms with Crippen LogP contribution in [0, 0.1) is 0 Å². The Morgan fingerprint density at radius 2 is 1.88 bits per heavy atom. The lowest BCUT2D eigenvalue weighted by atomic mass is 10.1. The van der Waals surface area contributed by atoms with Gasteiger partial charge in [0.2, 0.25) is 5.91 Å². The molecule has 1 amide bonds. The van der Waals surface area contributed by atoms with Crippen LogP contribution < -0.4 is 9.47 Å². The molecule has 7 heteroatoms. The predicted octanol–water partition coefficient (Wildman–Crippen LogP) is 3.55. The van der Waals surface area contributed by atoms with Crippen molar-refractivity contribution in [2.45, 2.75) is 40.3 Å². The first-order valence-electron chi connectivity index (χ1n) is 8.82. The number of hydrogen-bond acceptors (Lipinski definition) is 4. The van der Waals surface area contributed by atoms with E-state index < -0.39 is 0 Å². The number of carbonyl (C=O) groups excluding carboxylic acids is 1. The Kier molecular flexibility index (Phi) is 7.33. The Hall–Kier alpha value is -2.21. The Bertz CT molecular complexity index is 746. The molecular weight excluding hydrogens is 354 g/mol. The number of likely N-dealkylation sites (N-methyl/N-ethyl adjacent to an activating group) is 1. The fraction of sp³-hybridized carbons (Fsp3) is 0.474. The van der Waals surface area contributed by atoms with Crippen LogP contribution in [0.15, 0.2) is 24.4 Å². The summed E-state index contributed by atoms with van der Waals surface area (Å²) < 4.78 is 13.0. The zero-order chi connectivity index (χ0) is 19.1. The summed E-state index contributed by atoms with van der Waals surface area (Å²) >= 11 is 6.18. The van der Waals surface area contributed by atoms with E-state index >= 15 is 0 Å². The largest absolute Gasteiger partial charge is 0.490 e. The monoisotopic (exact) mass is 379 g/mol. The molecule has 26 heavy (non-hydrogen) atoms. The third-order valence-corrected chi connectivity index (χ3v) is 4.29. The molecule has 0 aliphatic heterocycles. The molecule has 0 atom stereocenters. The van der Waals surface area contributed by atoms with Crippen molar-refractivity contribution >= 4 is 17.5 Å². The van der Waals surface area contributed by atoms with Crippen molar-refractivity contribution in [2.75, 3.05) is 20.3 Å². The number of benzene rings is 1. The van der Waals surface area contributed by atoms with Crippen LogP contribution in [0.1, 0.15) is 32.0 Å². The van der Waals surface area contributed by atoms with Crippen LogP contribution in [0.5, 0.6) is 11.5 Å². The summed E-state index contributed by atoms with van der Waals surface area (Å²) in [6, 6.07) is 5.60. The zero-order valence-corrected chi connectivity index (χ0v) is 16.5. The highest BCUT2D eigenvalue weighted by Gasteiger charge is 2.16. The molecule has 0 aliphatic carbocycles. The van der Waals surface area contributed by atoms with Crippen molar-refractivity contribution in [1.29, 1.82) is 0 Å². The number of nitrogens with zero attached hydrogens (tertiary/aromatic N) is 3. The minimum absolute atomic E-state index is 0.00321. The molecule has 0 bridgehead atoms. The zero-order valence-electron chi connectivity index (χ0n) is 15.8. The van der Waals surface area contributed by atoms with E-state index in [1.165, 1.54) is 0 Å². The van der Waals surface area contributed by atoms with Gasteiger partial charge in [0.25, 0.3) is 0 Å². The maximum atomic E-state index is 12.6. The van der Waals surface area contributed by atoms with Crippen molar-refractivity contribution in [2.24, 2.45) is 0 Å². The lowest BCUT2D eigenvalue weighted by Gasteiger charge is -2.19. The fourth-order valence-electron chi connectivity index (χ4n) is 2.65. The molecule has 0 unspecified atom stereocenters. The normalized spacial score (nSPS) is 10.7. The summed E-state index contributed by atoms with van der Waals surface area (Å²) in [5.74, 6) is 1.35. The van der Waals surface area contributed by atoms with E-state index in [9.17, 15) is 4.79 Å². The molecule has 0 radical (unpaired) electrons. The van der Waals surface area contributed by atoms with Crippen LogP contribution in [-0.4, -0.2) is 40.8 Å². The minimum atomic E-state index is -0.00321. The topological polar surface area (TPSA) is 56.6 Å². The first-order chi connectivity index (χ1) is 12.5. The summed E-state index contributed by atoms with van der Waals surface area (Å²) in [6.07, 6.45) is 1.89. The van der Waals surface area contributed by atoms with E-state index in [2.05, 4.69) is 5.10 Å². The smallest absolute Gasteiger partial charge is 0.227 e. The molecule has 0 saturated carbocycles. The molecule has 1 heterocycles. The number of ether oxygens (including phenoxy) is 2. The summed E-state index contributed by atoms with van der Waals surface area (Å²) in [5, 5.41) is 4.78. The highest BCUT2D eigenvalue weighted by Crippen LogP contribution is 2.29. The minimum Gasteiger partial charge on any atom is -0.490 e. The van der Waals surface area contributed by atoms with Crippen molar-refractivity contribution in [3.05, 3.63) is 40.7 Å². The fourth-order valence-corrected chi connectivity index (χ4v) is 2.85. The van der Waals surface area contributed by atoms with Crippen molar-refractivity contribution < 1.29 is 14.3 Å². The van der Waals surface area contributed by atoms with Gasteiger partial charge in [0.1, 0.15) is 0 Å². The Morgan fingerprint density at radius 3 is 2.54 bits per heavy atom. The number of halogens is 1. The number of aromatic nitrogens is 2. The number of amides is 1. The van der Waals surface area contributed by atoms with Gasteiger partial charge in [-0.15, -0.1) is 0 Å². The number of aryl methyl sites for hydroxylation is 1. The van der Waals surface area contributed by atoms with E-state index in [0.29, 0.717) is 42.8 Å². The Morgan fingerprint density at radius 1 is 1.19 bits per heavy atom. The van der Waals surface area contributed by atoms with Gasteiger partial charge in [-0.25, -0.2) is 0 Å². The van der Waals surface area contributed by atoms with Gasteiger partial charge < -0.3 is 14.4 Å². The number of rotatable bonds is 9. The van der Waals surface area contributed by atoms with Gasteiger partial charge in [0.15, 0.2) is 11.5 Å². The molecule has 1 aromatic heterocycles. The van der Waals surface area contributed by atoms with E-state index in [0.717, 1.165) is 11.3 Å². The molecule has 6 nitrogen and oxygen atoms in total. The van der Waals surface area contributed by atoms with Crippen LogP contribution in [0.3, 0.4) is 0 Å². The SMILES string of the molecule is CCOc1ccc(CC(=O)N(C)Cc2c(Cl)cnn2CC)cc1OCC. The highest BCUT2D eigenvalue weighted by atomic mass is 35.5. The van der Waals surface area contributed by atoms with E-state index in [-0.39, 0.29) is 12.3 Å². The average molecular weight is 380 g/mol. The summed E-state index contributed by atoms with van der Waals surface area (Å²) in [5.41, 5.74) is 1.72. The van der Waals surface area contributed by atoms with Crippen molar-refractivity contribution in [1.82, 2.24) is 14.7 Å². The molecule has 142 valence electrons. The first kappa shape index (κ1) is 20.1. The van der Waals surface area contributed by atoms with Gasteiger partial charge in [-0.05, 0) is 38.5 Å². The van der Waals surface area contributed by atoms with Crippen LogP contribution in [0.2, 0.25) is 5.02 Å². The standard InChI is InChI=1S/C19H26ClN3O3/c1-5-23-16(15(20)12-21-23)13-22(4)19(24)11-14-8-9-17(25-6-2)18(10-14)26-7-3/h8-10,12H,5-7,11,13H2,1-4H3. The molecule has 0 aliphatic rings. The Labute approximate surface area is 159 Å². The van der Waals surface area contributed by atoms with Crippen LogP contribution >= 0.6 is 11.6 Å². The quantitative estimate of drug-likeness (QED) is 0.668. The van der Waals surface area contributed by atoms with Crippen LogP contribution in [-0.2, 0) is 24.3 Å². The molecular formula is C19H26ClN3O3. The maximum Gasteiger partial charge on any atom is 0.227 e. The summed E-state index contributed by atoms with van der Waals surface area (Å²) in [4.78, 5) is 14.3. The predicted molar refractivity (Wildman–Crippen MR) is 102 cm³/mol. The molecule has 0 N–H and O–H groups in total. The molecule has 0 spiro atoms. The Balaban J connectivity index is 2.08. The second-order valence-electron chi connectivity index (χ2n) is 5.83. The van der Waals surface area contributed by atoms with E-state index in [4.69, 9.17) is 21.1 Å². The van der Waals surface area contributed by atoms with Gasteiger partial charge in [0, 0.05) is 13.6 Å². The maximum absolute atomic E-state index is 12.6. The van der Waals surface area contributed by atoms with Crippen molar-refractivity contribution in [3.8, 4) is 11.5 Å². The lowest BCUT2D eigenvalue weighted by Crippen LogP contribution is -2.29. The van der Waals surface area contributed by atoms with Crippen LogP contribution in [0.4, 0.5) is 0 Å². The van der Waals surface area contributed by atoms with Gasteiger partial charge >= 0.3 is 0 Å². The van der Waals surface area contributed by atoms with Gasteiger partial charge in [-0.2, -0.15) is 5.10 Å². The van der Waals surface area contributed by atoms with Gasteiger partial charge in [-0.3, -0.25) is 9.48 Å². The number of hydrogen-bond donors (Lipinski definition) is 0. The van der Waals surface area contributed by atoms with E-state index in [1.807, 2.05) is 39.0 Å². The summed E-state index contributed by atoms with van der Waals surface area (Å²) in [7, 11) is 1.77. The molecule has 0 saturated heterocycles. The number of carbonyl (C=O) groups is 1. The van der Waals surface area contributed by atoms with Crippen LogP contribution in [0.25, 0.3) is 0 Å². The van der Waals surface area contributed by atoms with Crippen molar-refractivity contribution in [3.63, 3.8) is 0 Å². The second kappa shape index (κ2) is 9.48. The molecule has 2 rings (SSSR count). The lowest BCUT2D eigenvalue weighted by molar-refractivity contribution is -0.129. The second-order valence-corrected chi connectivity index (χ2v) is 6.24. The molecule has 2 aromatic rings. The third kappa shape index (κ3) is 4.91. The average Bonchev–Trinajstić information content (AvgIpc) is 2.97. The molecule has 0 fully saturated rings. The van der Waals surface area contributed by atoms with Gasteiger partial charge in [0.05, 0.1) is 43.1 Å². The van der Waals surface area contributed by atoms with Gasteiger partial charge in [-0.1, -0.05) is 17.7 Å². The summed E-state index contributed by atoms with van der Waals surface area (Å²) in [6.45, 7) is 8.06.